The summed E-state index contributed by atoms with van der Waals surface area (Å²) in [5, 5.41) is 6.59. The molecule has 9 heteroatoms. The number of fused-ring (bicyclic) bond motifs is 3. The Hall–Kier alpha value is -4.37. The number of methoxy groups -OCH3 is 1. The number of carbonyl (C=O) groups is 1. The molecule has 2 aliphatic heterocycles. The molecule has 0 atom stereocenters. The van der Waals surface area contributed by atoms with Crippen molar-refractivity contribution in [3.63, 3.8) is 0 Å². The van der Waals surface area contributed by atoms with E-state index in [1.165, 1.54) is 0 Å². The summed E-state index contributed by atoms with van der Waals surface area (Å²) in [6, 6.07) is 14.3. The van der Waals surface area contributed by atoms with Gasteiger partial charge in [-0.05, 0) is 62.1 Å². The molecule has 6 rings (SSSR count). The van der Waals surface area contributed by atoms with Gasteiger partial charge in [0.25, 0.3) is 5.91 Å². The topological polar surface area (TPSA) is 87.6 Å². The number of likely N-dealkylation sites (N-methyl/N-ethyl adjacent to an activating group) is 1. The van der Waals surface area contributed by atoms with Crippen LogP contribution in [0.3, 0.4) is 0 Å². The minimum atomic E-state index is -0.0830. The molecule has 218 valence electrons. The van der Waals surface area contributed by atoms with Crippen LogP contribution in [0.2, 0.25) is 0 Å². The lowest BCUT2D eigenvalue weighted by molar-refractivity contribution is 0.102. The fourth-order valence-electron chi connectivity index (χ4n) is 5.97. The summed E-state index contributed by atoms with van der Waals surface area (Å²) in [7, 11) is 3.84. The standard InChI is InChI=1S/C33H39N7O2/c1-5-22-8-7-9-23(6-2)30(22)36-32(41)26-14-15-40-28(26)13-10-24-21-34-33(37-31(24)40)35-27-12-11-25(20-29(27)42-4)39-18-16-38(3)17-19-39/h7-9,11-12,14-15,20-21H,5-6,10,13,16-19H2,1-4H3,(H,36,41)(H,34,35,37). The van der Waals surface area contributed by atoms with Gasteiger partial charge in [0.15, 0.2) is 0 Å². The number of piperazine rings is 1. The number of aromatic nitrogens is 3. The van der Waals surface area contributed by atoms with Crippen molar-refractivity contribution in [2.24, 2.45) is 0 Å². The number of hydrogen-bond acceptors (Lipinski definition) is 7. The van der Waals surface area contributed by atoms with Gasteiger partial charge >= 0.3 is 0 Å². The SMILES string of the molecule is CCc1cccc(CC)c1NC(=O)c1ccn2c1CCc1cnc(Nc3ccc(N4CCN(C)CC4)cc3OC)nc1-2. The number of para-hydroxylation sites is 1. The molecular formula is C33H39N7O2. The van der Waals surface area contributed by atoms with Gasteiger partial charge < -0.3 is 29.7 Å². The molecule has 0 saturated carbocycles. The molecular weight excluding hydrogens is 526 g/mol. The molecule has 1 fully saturated rings. The first-order valence-electron chi connectivity index (χ1n) is 14.9. The molecule has 1 amide bonds. The van der Waals surface area contributed by atoms with Crippen LogP contribution in [0.15, 0.2) is 54.9 Å². The third-order valence-electron chi connectivity index (χ3n) is 8.47. The number of nitrogens with zero attached hydrogens (tertiary/aromatic N) is 5. The van der Waals surface area contributed by atoms with Crippen molar-refractivity contribution in [2.75, 3.05) is 55.9 Å². The average molecular weight is 566 g/mol. The van der Waals surface area contributed by atoms with E-state index in [0.717, 1.165) is 103 Å². The molecule has 2 aromatic carbocycles. The predicted molar refractivity (Wildman–Crippen MR) is 168 cm³/mol. The number of aryl methyl sites for hydroxylation is 3. The molecule has 42 heavy (non-hydrogen) atoms. The van der Waals surface area contributed by atoms with Crippen molar-refractivity contribution in [3.8, 4) is 11.6 Å². The first kappa shape index (κ1) is 27.8. The van der Waals surface area contributed by atoms with Gasteiger partial charge in [0.05, 0.1) is 18.4 Å². The maximum Gasteiger partial charge on any atom is 0.257 e. The summed E-state index contributed by atoms with van der Waals surface area (Å²) in [5.74, 6) is 1.94. The van der Waals surface area contributed by atoms with E-state index >= 15 is 0 Å². The van der Waals surface area contributed by atoms with Crippen LogP contribution in [0, 0.1) is 0 Å². The number of carbonyl (C=O) groups excluding carboxylic acids is 1. The fourth-order valence-corrected chi connectivity index (χ4v) is 5.97. The van der Waals surface area contributed by atoms with E-state index in [-0.39, 0.29) is 5.91 Å². The van der Waals surface area contributed by atoms with Crippen LogP contribution in [0.25, 0.3) is 5.82 Å². The molecule has 0 radical (unpaired) electrons. The van der Waals surface area contributed by atoms with Gasteiger partial charge in [-0.2, -0.15) is 4.98 Å². The maximum atomic E-state index is 13.5. The number of anilines is 4. The van der Waals surface area contributed by atoms with E-state index in [1.807, 2.05) is 29.1 Å². The number of hydrogen-bond donors (Lipinski definition) is 2. The molecule has 0 aliphatic carbocycles. The van der Waals surface area contributed by atoms with Crippen LogP contribution >= 0.6 is 0 Å². The molecule has 0 unspecified atom stereocenters. The Balaban J connectivity index is 1.24. The van der Waals surface area contributed by atoms with Gasteiger partial charge in [-0.25, -0.2) is 4.98 Å². The lowest BCUT2D eigenvalue weighted by Gasteiger charge is -2.34. The Morgan fingerprint density at radius 2 is 1.76 bits per heavy atom. The van der Waals surface area contributed by atoms with Crippen LogP contribution < -0.4 is 20.3 Å². The second-order valence-electron chi connectivity index (χ2n) is 11.0. The number of nitrogens with one attached hydrogen (secondary N) is 2. The Morgan fingerprint density at radius 1 is 1.00 bits per heavy atom. The monoisotopic (exact) mass is 565 g/mol. The molecule has 9 nitrogen and oxygen atoms in total. The molecule has 0 spiro atoms. The van der Waals surface area contributed by atoms with Gasteiger partial charge in [0.1, 0.15) is 11.6 Å². The Labute approximate surface area is 247 Å². The third kappa shape index (κ3) is 5.32. The highest BCUT2D eigenvalue weighted by Gasteiger charge is 2.25. The number of rotatable bonds is 8. The molecule has 2 N–H and O–H groups in total. The van der Waals surface area contributed by atoms with Crippen LogP contribution in [-0.2, 0) is 25.7 Å². The first-order chi connectivity index (χ1) is 20.5. The highest BCUT2D eigenvalue weighted by Crippen LogP contribution is 2.33. The van der Waals surface area contributed by atoms with E-state index in [1.54, 1.807) is 7.11 Å². The van der Waals surface area contributed by atoms with E-state index in [2.05, 4.69) is 76.6 Å². The molecule has 2 aromatic heterocycles. The smallest absolute Gasteiger partial charge is 0.257 e. The van der Waals surface area contributed by atoms with Crippen LogP contribution in [-0.4, -0.2) is 65.7 Å². The first-order valence-corrected chi connectivity index (χ1v) is 14.9. The number of amides is 1. The Kier molecular flexibility index (Phi) is 7.84. The van der Waals surface area contributed by atoms with Crippen molar-refractivity contribution in [1.82, 2.24) is 19.4 Å². The van der Waals surface area contributed by atoms with Crippen molar-refractivity contribution in [1.29, 1.82) is 0 Å². The zero-order valence-corrected chi connectivity index (χ0v) is 24.9. The predicted octanol–water partition coefficient (Wildman–Crippen LogP) is 5.25. The highest BCUT2D eigenvalue weighted by atomic mass is 16.5. The average Bonchev–Trinajstić information content (AvgIpc) is 3.47. The van der Waals surface area contributed by atoms with E-state index in [9.17, 15) is 4.79 Å². The lowest BCUT2D eigenvalue weighted by atomic mass is 10.0. The molecule has 4 heterocycles. The van der Waals surface area contributed by atoms with Gasteiger partial charge in [-0.15, -0.1) is 0 Å². The van der Waals surface area contributed by atoms with E-state index in [4.69, 9.17) is 9.72 Å². The second-order valence-corrected chi connectivity index (χ2v) is 11.0. The maximum absolute atomic E-state index is 13.5. The van der Waals surface area contributed by atoms with Gasteiger partial charge in [0.2, 0.25) is 5.95 Å². The van der Waals surface area contributed by atoms with Gasteiger partial charge in [0, 0.05) is 67.3 Å². The Bertz CT molecular complexity index is 1580. The minimum Gasteiger partial charge on any atom is -0.494 e. The minimum absolute atomic E-state index is 0.0830. The van der Waals surface area contributed by atoms with E-state index in [0.29, 0.717) is 11.5 Å². The second kappa shape index (κ2) is 11.9. The van der Waals surface area contributed by atoms with Gasteiger partial charge in [-0.3, -0.25) is 4.79 Å². The normalized spacial score (nSPS) is 14.7. The summed E-state index contributed by atoms with van der Waals surface area (Å²) in [5.41, 5.74) is 7.89. The van der Waals surface area contributed by atoms with Gasteiger partial charge in [-0.1, -0.05) is 32.0 Å². The van der Waals surface area contributed by atoms with Crippen LogP contribution in [0.4, 0.5) is 23.0 Å². The number of benzene rings is 2. The summed E-state index contributed by atoms with van der Waals surface area (Å²) in [6.07, 6.45) is 7.06. The molecule has 0 bridgehead atoms. The lowest BCUT2D eigenvalue weighted by Crippen LogP contribution is -2.44. The summed E-state index contributed by atoms with van der Waals surface area (Å²) in [6.45, 7) is 8.30. The van der Waals surface area contributed by atoms with Crippen molar-refractivity contribution in [2.45, 2.75) is 39.5 Å². The Morgan fingerprint density at radius 3 is 2.48 bits per heavy atom. The van der Waals surface area contributed by atoms with Crippen molar-refractivity contribution < 1.29 is 9.53 Å². The highest BCUT2D eigenvalue weighted by molar-refractivity contribution is 6.06. The van der Waals surface area contributed by atoms with Crippen molar-refractivity contribution >= 4 is 28.9 Å². The zero-order chi connectivity index (χ0) is 29.2. The molecule has 4 aromatic rings. The quantitative estimate of drug-likeness (QED) is 0.302. The molecule has 1 saturated heterocycles. The summed E-state index contributed by atoms with van der Waals surface area (Å²) >= 11 is 0. The van der Waals surface area contributed by atoms with Crippen LogP contribution in [0.1, 0.15) is 46.6 Å². The summed E-state index contributed by atoms with van der Waals surface area (Å²) < 4.78 is 7.77. The fraction of sp³-hybridized carbons (Fsp3) is 0.364. The van der Waals surface area contributed by atoms with E-state index < -0.39 is 0 Å². The van der Waals surface area contributed by atoms with Crippen molar-refractivity contribution in [3.05, 3.63) is 82.8 Å². The largest absolute Gasteiger partial charge is 0.494 e. The van der Waals surface area contributed by atoms with Crippen LogP contribution in [0.5, 0.6) is 5.75 Å². The number of ether oxygens (including phenoxy) is 1. The molecule has 2 aliphatic rings. The summed E-state index contributed by atoms with van der Waals surface area (Å²) in [4.78, 5) is 27.8. The third-order valence-corrected chi connectivity index (χ3v) is 8.47. The zero-order valence-electron chi connectivity index (χ0n) is 24.9.